The van der Waals surface area contributed by atoms with E-state index in [1.165, 1.54) is 17.1 Å². The molecule has 0 bridgehead atoms. The highest BCUT2D eigenvalue weighted by Crippen LogP contribution is 2.21. The minimum atomic E-state index is 0.236. The van der Waals surface area contributed by atoms with E-state index < -0.39 is 0 Å². The first-order chi connectivity index (χ1) is 7.75. The molecule has 3 heteroatoms. The van der Waals surface area contributed by atoms with Crippen molar-refractivity contribution in [2.45, 2.75) is 32.5 Å². The fourth-order valence-electron chi connectivity index (χ4n) is 1.63. The maximum Gasteiger partial charge on any atom is 0.124 e. The predicted octanol–water partition coefficient (Wildman–Crippen LogP) is 2.68. The number of nitrogens with one attached hydrogen (secondary N) is 1. The summed E-state index contributed by atoms with van der Waals surface area (Å²) in [5.41, 5.74) is 1.26. The Labute approximate surface area is 102 Å². The first-order valence-electron chi connectivity index (χ1n) is 5.81. The third-order valence-corrected chi connectivity index (χ3v) is 3.83. The van der Waals surface area contributed by atoms with Crippen molar-refractivity contribution in [1.29, 1.82) is 0 Å². The van der Waals surface area contributed by atoms with Crippen molar-refractivity contribution in [3.63, 3.8) is 0 Å². The van der Waals surface area contributed by atoms with Gasteiger partial charge in [-0.3, -0.25) is 0 Å². The Hall–Kier alpha value is -0.670. The highest BCUT2D eigenvalue weighted by Gasteiger charge is 2.17. The lowest BCUT2D eigenvalue weighted by Gasteiger charge is -2.26. The van der Waals surface area contributed by atoms with Gasteiger partial charge >= 0.3 is 0 Å². The Bertz CT molecular complexity index is 336. The lowest BCUT2D eigenvalue weighted by molar-refractivity contribution is 0.239. The number of rotatable bonds is 5. The minimum Gasteiger partial charge on any atom is -0.491 e. The van der Waals surface area contributed by atoms with Crippen molar-refractivity contribution >= 4 is 11.8 Å². The number of hydrogen-bond acceptors (Lipinski definition) is 3. The molecule has 1 fully saturated rings. The van der Waals surface area contributed by atoms with Crippen molar-refractivity contribution in [2.24, 2.45) is 0 Å². The van der Waals surface area contributed by atoms with Gasteiger partial charge in [-0.2, -0.15) is 11.8 Å². The van der Waals surface area contributed by atoms with Crippen LogP contribution in [0.15, 0.2) is 24.3 Å². The molecule has 16 heavy (non-hydrogen) atoms. The normalized spacial score (nSPS) is 16.2. The fourth-order valence-corrected chi connectivity index (χ4v) is 2.33. The molecule has 0 atom stereocenters. The molecule has 2 nitrogen and oxygen atoms in total. The smallest absolute Gasteiger partial charge is 0.124 e. The van der Waals surface area contributed by atoms with Crippen LogP contribution in [0.25, 0.3) is 0 Å². The van der Waals surface area contributed by atoms with Crippen LogP contribution in [0.3, 0.4) is 0 Å². The zero-order valence-electron chi connectivity index (χ0n) is 9.90. The molecule has 1 aliphatic rings. The average Bonchev–Trinajstić information content (AvgIpc) is 2.17. The van der Waals surface area contributed by atoms with E-state index in [1.54, 1.807) is 0 Å². The molecule has 1 aliphatic heterocycles. The van der Waals surface area contributed by atoms with Gasteiger partial charge in [0.15, 0.2) is 0 Å². The average molecular weight is 237 g/mol. The van der Waals surface area contributed by atoms with Gasteiger partial charge in [-0.1, -0.05) is 18.2 Å². The van der Waals surface area contributed by atoms with Gasteiger partial charge in [0, 0.05) is 29.7 Å². The Morgan fingerprint density at radius 2 is 2.12 bits per heavy atom. The van der Waals surface area contributed by atoms with E-state index in [0.29, 0.717) is 6.04 Å². The summed E-state index contributed by atoms with van der Waals surface area (Å²) in [7, 11) is 0. The summed E-state index contributed by atoms with van der Waals surface area (Å²) in [6.07, 6.45) is 0.236. The molecule has 1 N–H and O–H groups in total. The molecule has 1 saturated heterocycles. The minimum absolute atomic E-state index is 0.236. The van der Waals surface area contributed by atoms with Gasteiger partial charge < -0.3 is 10.1 Å². The van der Waals surface area contributed by atoms with Crippen molar-refractivity contribution in [1.82, 2.24) is 5.32 Å². The van der Waals surface area contributed by atoms with Gasteiger partial charge in [-0.15, -0.1) is 0 Å². The summed E-state index contributed by atoms with van der Waals surface area (Å²) in [4.78, 5) is 0. The van der Waals surface area contributed by atoms with Crippen LogP contribution < -0.4 is 10.1 Å². The van der Waals surface area contributed by atoms with Crippen molar-refractivity contribution in [3.8, 4) is 5.75 Å². The number of thioether (sulfide) groups is 1. The molecule has 2 rings (SSSR count). The highest BCUT2D eigenvalue weighted by molar-refractivity contribution is 8.00. The molecule has 1 heterocycles. The molecule has 0 saturated carbocycles. The van der Waals surface area contributed by atoms with Crippen molar-refractivity contribution < 1.29 is 4.74 Å². The zero-order valence-corrected chi connectivity index (χ0v) is 10.7. The number of hydrogen-bond donors (Lipinski definition) is 1. The van der Waals surface area contributed by atoms with Crippen LogP contribution in [0.4, 0.5) is 0 Å². The second-order valence-corrected chi connectivity index (χ2v) is 5.46. The van der Waals surface area contributed by atoms with Crippen LogP contribution in [-0.4, -0.2) is 23.7 Å². The van der Waals surface area contributed by atoms with Crippen LogP contribution >= 0.6 is 11.8 Å². The molecule has 0 amide bonds. The number of para-hydroxylation sites is 1. The Morgan fingerprint density at radius 3 is 2.75 bits per heavy atom. The molecule has 0 unspecified atom stereocenters. The fraction of sp³-hybridized carbons (Fsp3) is 0.538. The summed E-state index contributed by atoms with van der Waals surface area (Å²) in [6, 6.07) is 8.97. The van der Waals surface area contributed by atoms with E-state index in [9.17, 15) is 0 Å². The standard InChI is InChI=1S/C13H19NOS/c1-10(2)15-13-6-4-3-5-11(13)7-14-12-8-16-9-12/h3-6,10,12,14H,7-9H2,1-2H3. The van der Waals surface area contributed by atoms with Gasteiger partial charge in [-0.25, -0.2) is 0 Å². The molecule has 1 aromatic carbocycles. The molecule has 0 aromatic heterocycles. The van der Waals surface area contributed by atoms with Crippen molar-refractivity contribution in [2.75, 3.05) is 11.5 Å². The van der Waals surface area contributed by atoms with E-state index in [2.05, 4.69) is 31.3 Å². The van der Waals surface area contributed by atoms with Gasteiger partial charge in [0.25, 0.3) is 0 Å². The third kappa shape index (κ3) is 3.16. The quantitative estimate of drug-likeness (QED) is 0.850. The summed E-state index contributed by atoms with van der Waals surface area (Å²) in [5, 5.41) is 3.55. The first-order valence-corrected chi connectivity index (χ1v) is 6.97. The largest absolute Gasteiger partial charge is 0.491 e. The molecule has 0 spiro atoms. The van der Waals surface area contributed by atoms with E-state index in [1.807, 2.05) is 23.9 Å². The first kappa shape index (κ1) is 11.8. The Morgan fingerprint density at radius 1 is 1.38 bits per heavy atom. The van der Waals surface area contributed by atoms with Crippen LogP contribution in [0, 0.1) is 0 Å². The second kappa shape index (κ2) is 5.60. The summed E-state index contributed by atoms with van der Waals surface area (Å²) in [5.74, 6) is 3.50. The van der Waals surface area contributed by atoms with Gasteiger partial charge in [0.2, 0.25) is 0 Å². The monoisotopic (exact) mass is 237 g/mol. The topological polar surface area (TPSA) is 21.3 Å². The second-order valence-electron chi connectivity index (χ2n) is 4.39. The summed E-state index contributed by atoms with van der Waals surface area (Å²) < 4.78 is 5.78. The van der Waals surface area contributed by atoms with E-state index in [-0.39, 0.29) is 6.10 Å². The predicted molar refractivity (Wildman–Crippen MR) is 70.2 cm³/mol. The summed E-state index contributed by atoms with van der Waals surface area (Å²) >= 11 is 2.00. The van der Waals surface area contributed by atoms with Crippen LogP contribution in [0.5, 0.6) is 5.75 Å². The van der Waals surface area contributed by atoms with Crippen LogP contribution in [-0.2, 0) is 6.54 Å². The molecular weight excluding hydrogens is 218 g/mol. The van der Waals surface area contributed by atoms with Crippen LogP contribution in [0.1, 0.15) is 19.4 Å². The SMILES string of the molecule is CC(C)Oc1ccccc1CNC1CSC1. The van der Waals surface area contributed by atoms with Gasteiger partial charge in [-0.05, 0) is 19.9 Å². The zero-order chi connectivity index (χ0) is 11.4. The molecule has 0 radical (unpaired) electrons. The lowest BCUT2D eigenvalue weighted by Crippen LogP contribution is -2.39. The van der Waals surface area contributed by atoms with Crippen molar-refractivity contribution in [3.05, 3.63) is 29.8 Å². The highest BCUT2D eigenvalue weighted by atomic mass is 32.2. The molecular formula is C13H19NOS. The Kier molecular flexibility index (Phi) is 4.13. The van der Waals surface area contributed by atoms with E-state index in [4.69, 9.17) is 4.74 Å². The maximum absolute atomic E-state index is 5.78. The third-order valence-electron chi connectivity index (χ3n) is 2.55. The van der Waals surface area contributed by atoms with E-state index in [0.717, 1.165) is 12.3 Å². The molecule has 0 aliphatic carbocycles. The number of benzene rings is 1. The Balaban J connectivity index is 1.94. The van der Waals surface area contributed by atoms with Gasteiger partial charge in [0.1, 0.15) is 5.75 Å². The number of ether oxygens (including phenoxy) is 1. The molecule has 88 valence electrons. The molecule has 1 aromatic rings. The van der Waals surface area contributed by atoms with E-state index >= 15 is 0 Å². The lowest BCUT2D eigenvalue weighted by atomic mass is 10.2. The maximum atomic E-state index is 5.78. The summed E-state index contributed by atoms with van der Waals surface area (Å²) in [6.45, 7) is 5.04. The van der Waals surface area contributed by atoms with Gasteiger partial charge in [0.05, 0.1) is 6.10 Å². The van der Waals surface area contributed by atoms with Crippen LogP contribution in [0.2, 0.25) is 0 Å².